The molecule has 0 saturated carbocycles. The molecule has 0 amide bonds. The number of aliphatic hydroxyl groups is 1. The number of hydrogen-bond acceptors (Lipinski definition) is 8. The maximum absolute atomic E-state index is 11.9. The molecule has 4 N–H and O–H groups in total. The number of anilines is 2. The summed E-state index contributed by atoms with van der Waals surface area (Å²) in [4.78, 5) is 27.3. The van der Waals surface area contributed by atoms with E-state index in [2.05, 4.69) is 37.6 Å². The fourth-order valence-corrected chi connectivity index (χ4v) is 4.48. The van der Waals surface area contributed by atoms with Gasteiger partial charge >= 0.3 is 5.97 Å². The Hall–Kier alpha value is -3.30. The number of aliphatic hydroxyl groups excluding tert-OH is 1. The molecule has 9 nitrogen and oxygen atoms in total. The van der Waals surface area contributed by atoms with E-state index in [1.165, 1.54) is 11.9 Å². The summed E-state index contributed by atoms with van der Waals surface area (Å²) >= 11 is 0. The third-order valence-electron chi connectivity index (χ3n) is 6.41. The molecule has 186 valence electrons. The number of carbonyl (C=O) groups is 1. The van der Waals surface area contributed by atoms with Gasteiger partial charge in [0.2, 0.25) is 0 Å². The largest absolute Gasteiger partial charge is 0.480 e. The first kappa shape index (κ1) is 24.8. The number of aromatic nitrogens is 3. The minimum Gasteiger partial charge on any atom is -0.480 e. The van der Waals surface area contributed by atoms with E-state index in [-0.39, 0.29) is 6.61 Å². The lowest BCUT2D eigenvalue weighted by molar-refractivity contribution is -0.138. The molecule has 9 heteroatoms. The highest BCUT2D eigenvalue weighted by molar-refractivity contribution is 5.90. The Bertz CT molecular complexity index is 1120. The van der Waals surface area contributed by atoms with Gasteiger partial charge in [-0.3, -0.25) is 0 Å². The number of rotatable bonds is 13. The molecule has 1 aliphatic heterocycles. The fourth-order valence-electron chi connectivity index (χ4n) is 4.48. The van der Waals surface area contributed by atoms with Crippen molar-refractivity contribution >= 4 is 28.5 Å². The number of unbranched alkanes of at least 4 members (excludes halogenated alkanes) is 1. The van der Waals surface area contributed by atoms with E-state index in [1.54, 1.807) is 0 Å². The molecule has 0 unspecified atom stereocenters. The van der Waals surface area contributed by atoms with Crippen molar-refractivity contribution in [3.8, 4) is 0 Å². The average Bonchev–Trinajstić information content (AvgIpc) is 2.88. The Morgan fingerprint density at radius 3 is 2.86 bits per heavy atom. The Morgan fingerprint density at radius 2 is 2.00 bits per heavy atom. The second-order valence-electron chi connectivity index (χ2n) is 8.93. The van der Waals surface area contributed by atoms with E-state index in [4.69, 9.17) is 4.98 Å². The van der Waals surface area contributed by atoms with E-state index < -0.39 is 12.0 Å². The predicted molar refractivity (Wildman–Crippen MR) is 137 cm³/mol. The molecule has 1 atom stereocenters. The highest BCUT2D eigenvalue weighted by Crippen LogP contribution is 2.21. The molecule has 3 aromatic rings. The maximum atomic E-state index is 11.9. The molecule has 35 heavy (non-hydrogen) atoms. The lowest BCUT2D eigenvalue weighted by Gasteiger charge is -2.24. The molecule has 0 fully saturated rings. The quantitative estimate of drug-likeness (QED) is 0.275. The number of carboxylic acids is 1. The van der Waals surface area contributed by atoms with Gasteiger partial charge in [-0.2, -0.15) is 0 Å². The van der Waals surface area contributed by atoms with E-state index in [9.17, 15) is 15.0 Å². The van der Waals surface area contributed by atoms with Crippen LogP contribution in [0.15, 0.2) is 42.7 Å². The summed E-state index contributed by atoms with van der Waals surface area (Å²) in [6.45, 7) is 2.91. The van der Waals surface area contributed by atoms with Gasteiger partial charge in [-0.05, 0) is 68.8 Å². The summed E-state index contributed by atoms with van der Waals surface area (Å²) in [7, 11) is 0. The number of fused-ring (bicyclic) bond motifs is 2. The normalized spacial score (nSPS) is 13.9. The van der Waals surface area contributed by atoms with Gasteiger partial charge in [0.25, 0.3) is 0 Å². The highest BCUT2D eigenvalue weighted by atomic mass is 16.4. The van der Waals surface area contributed by atoms with Crippen molar-refractivity contribution in [1.82, 2.24) is 19.9 Å². The Labute approximate surface area is 205 Å². The molecule has 0 aliphatic carbocycles. The fraction of sp³-hybridized carbons (Fsp3) is 0.462. The predicted octanol–water partition coefficient (Wildman–Crippen LogP) is 2.96. The number of hydrogen-bond donors (Lipinski definition) is 4. The zero-order chi connectivity index (χ0) is 24.5. The van der Waals surface area contributed by atoms with Gasteiger partial charge in [-0.1, -0.05) is 18.2 Å². The summed E-state index contributed by atoms with van der Waals surface area (Å²) in [6.07, 6.45) is 6.92. The van der Waals surface area contributed by atoms with Crippen molar-refractivity contribution in [2.45, 2.75) is 44.6 Å². The minimum atomic E-state index is -0.927. The summed E-state index contributed by atoms with van der Waals surface area (Å²) in [5, 5.41) is 26.5. The summed E-state index contributed by atoms with van der Waals surface area (Å²) in [5.74, 6) is 0.617. The molecule has 3 heterocycles. The minimum absolute atomic E-state index is 0.0414. The Balaban J connectivity index is 1.27. The van der Waals surface area contributed by atoms with Crippen LogP contribution in [0.3, 0.4) is 0 Å². The molecule has 0 saturated heterocycles. The first-order valence-corrected chi connectivity index (χ1v) is 12.4. The maximum Gasteiger partial charge on any atom is 0.326 e. The van der Waals surface area contributed by atoms with Crippen LogP contribution in [0, 0.1) is 0 Å². The number of carboxylic acid groups (broad SMARTS) is 1. The van der Waals surface area contributed by atoms with E-state index >= 15 is 0 Å². The van der Waals surface area contributed by atoms with Crippen LogP contribution in [-0.4, -0.2) is 74.9 Å². The van der Waals surface area contributed by atoms with Crippen molar-refractivity contribution in [3.05, 3.63) is 54.0 Å². The summed E-state index contributed by atoms with van der Waals surface area (Å²) < 4.78 is 0. The average molecular weight is 479 g/mol. The topological polar surface area (TPSA) is 124 Å². The van der Waals surface area contributed by atoms with E-state index in [0.29, 0.717) is 25.3 Å². The van der Waals surface area contributed by atoms with Crippen LogP contribution in [0.4, 0.5) is 11.6 Å². The van der Waals surface area contributed by atoms with E-state index in [1.807, 2.05) is 24.3 Å². The first-order chi connectivity index (χ1) is 17.1. The highest BCUT2D eigenvalue weighted by Gasteiger charge is 2.20. The number of pyridine rings is 1. The number of benzene rings is 1. The van der Waals surface area contributed by atoms with Gasteiger partial charge in [0.15, 0.2) is 0 Å². The standard InChI is InChI=1S/C26H34N6O3/c33-17-16-32(14-4-3-7-20-11-10-19-6-5-13-27-24(19)30-20)15-12-23(26(34)35)31-25-21-8-1-2-9-22(21)28-18-29-25/h1-2,8-11,18,23,33H,3-7,12-17H2,(H,27,30)(H,34,35)(H,28,29,31)/t23-/m0/s1. The second-order valence-corrected chi connectivity index (χ2v) is 8.93. The summed E-state index contributed by atoms with van der Waals surface area (Å²) in [6, 6.07) is 11.0. The zero-order valence-corrected chi connectivity index (χ0v) is 20.0. The SMILES string of the molecule is O=C(O)[C@H](CCN(CCO)CCCCc1ccc2c(n1)NCCC2)Nc1ncnc2ccccc12. The Morgan fingerprint density at radius 1 is 1.11 bits per heavy atom. The van der Waals surface area contributed by atoms with Crippen LogP contribution in [0.1, 0.15) is 36.9 Å². The molecular formula is C26H34N6O3. The van der Waals surface area contributed by atoms with Crippen LogP contribution < -0.4 is 10.6 Å². The van der Waals surface area contributed by atoms with E-state index in [0.717, 1.165) is 67.6 Å². The number of aryl methyl sites for hydroxylation is 2. The van der Waals surface area contributed by atoms with Crippen molar-refractivity contribution in [3.63, 3.8) is 0 Å². The second kappa shape index (κ2) is 12.4. The lowest BCUT2D eigenvalue weighted by atomic mass is 10.1. The van der Waals surface area contributed by atoms with Crippen molar-refractivity contribution in [1.29, 1.82) is 0 Å². The smallest absolute Gasteiger partial charge is 0.326 e. The number of nitrogens with zero attached hydrogens (tertiary/aromatic N) is 4. The van der Waals surface area contributed by atoms with Gasteiger partial charge in [0.05, 0.1) is 12.1 Å². The molecule has 0 bridgehead atoms. The van der Waals surface area contributed by atoms with Crippen LogP contribution in [0.5, 0.6) is 0 Å². The van der Waals surface area contributed by atoms with Crippen LogP contribution in [0.2, 0.25) is 0 Å². The molecule has 1 aromatic carbocycles. The third-order valence-corrected chi connectivity index (χ3v) is 6.41. The number of nitrogens with one attached hydrogen (secondary N) is 2. The molecular weight excluding hydrogens is 444 g/mol. The Kier molecular flexibility index (Phi) is 8.80. The number of para-hydroxylation sites is 1. The summed E-state index contributed by atoms with van der Waals surface area (Å²) in [5.41, 5.74) is 3.16. The van der Waals surface area contributed by atoms with Crippen molar-refractivity contribution in [2.75, 3.05) is 43.4 Å². The molecule has 1 aliphatic rings. The van der Waals surface area contributed by atoms with Crippen molar-refractivity contribution < 1.29 is 15.0 Å². The van der Waals surface area contributed by atoms with Gasteiger partial charge in [-0.25, -0.2) is 19.7 Å². The zero-order valence-electron chi connectivity index (χ0n) is 20.0. The first-order valence-electron chi connectivity index (χ1n) is 12.4. The van der Waals surface area contributed by atoms with Crippen LogP contribution in [-0.2, 0) is 17.6 Å². The van der Waals surface area contributed by atoms with Gasteiger partial charge in [-0.15, -0.1) is 0 Å². The van der Waals surface area contributed by atoms with Gasteiger partial charge in [0.1, 0.15) is 24.0 Å². The molecule has 4 rings (SSSR count). The van der Waals surface area contributed by atoms with Crippen LogP contribution >= 0.6 is 0 Å². The van der Waals surface area contributed by atoms with Gasteiger partial charge in [0, 0.05) is 30.7 Å². The molecule has 0 radical (unpaired) electrons. The van der Waals surface area contributed by atoms with Crippen LogP contribution in [0.25, 0.3) is 10.9 Å². The third kappa shape index (κ3) is 6.86. The van der Waals surface area contributed by atoms with Gasteiger partial charge < -0.3 is 25.7 Å². The van der Waals surface area contributed by atoms with Crippen molar-refractivity contribution in [2.24, 2.45) is 0 Å². The molecule has 0 spiro atoms. The molecule has 2 aromatic heterocycles. The number of aliphatic carboxylic acids is 1. The monoisotopic (exact) mass is 478 g/mol. The lowest BCUT2D eigenvalue weighted by Crippen LogP contribution is -2.36.